The Bertz CT molecular complexity index is 365. The van der Waals surface area contributed by atoms with Gasteiger partial charge in [0.2, 0.25) is 0 Å². The molecule has 0 unspecified atom stereocenters. The molecule has 0 fully saturated rings. The first-order valence-corrected chi connectivity index (χ1v) is 4.66. The van der Waals surface area contributed by atoms with Gasteiger partial charge in [0.05, 0.1) is 5.56 Å². The SMILES string of the molecule is C/C=C(/CC)c1ccc(C=O)c(O)c1. The van der Waals surface area contributed by atoms with Crippen molar-refractivity contribution in [2.45, 2.75) is 20.3 Å². The van der Waals surface area contributed by atoms with Crippen LogP contribution in [0.25, 0.3) is 5.57 Å². The maximum atomic E-state index is 10.5. The van der Waals surface area contributed by atoms with E-state index in [-0.39, 0.29) is 5.75 Å². The van der Waals surface area contributed by atoms with Gasteiger partial charge in [0.25, 0.3) is 0 Å². The third-order valence-electron chi connectivity index (χ3n) is 2.26. The van der Waals surface area contributed by atoms with Crippen LogP contribution in [0.4, 0.5) is 0 Å². The number of hydrogen-bond donors (Lipinski definition) is 1. The van der Waals surface area contributed by atoms with Gasteiger partial charge in [0, 0.05) is 0 Å². The van der Waals surface area contributed by atoms with Crippen molar-refractivity contribution >= 4 is 11.9 Å². The Morgan fingerprint density at radius 2 is 2.21 bits per heavy atom. The van der Waals surface area contributed by atoms with E-state index in [1.807, 2.05) is 19.1 Å². The Labute approximate surface area is 83.9 Å². The molecule has 1 N–H and O–H groups in total. The van der Waals surface area contributed by atoms with Crippen molar-refractivity contribution < 1.29 is 9.90 Å². The highest BCUT2D eigenvalue weighted by Gasteiger charge is 2.03. The normalized spacial score (nSPS) is 11.4. The van der Waals surface area contributed by atoms with Crippen LogP contribution in [0, 0.1) is 0 Å². The number of phenols is 1. The Kier molecular flexibility index (Phi) is 3.46. The van der Waals surface area contributed by atoms with E-state index in [1.165, 1.54) is 0 Å². The van der Waals surface area contributed by atoms with Crippen LogP contribution in [0.5, 0.6) is 5.75 Å². The second-order valence-electron chi connectivity index (χ2n) is 3.06. The third kappa shape index (κ3) is 2.02. The van der Waals surface area contributed by atoms with Crippen molar-refractivity contribution in [2.75, 3.05) is 0 Å². The van der Waals surface area contributed by atoms with E-state index < -0.39 is 0 Å². The van der Waals surface area contributed by atoms with E-state index in [2.05, 4.69) is 6.92 Å². The summed E-state index contributed by atoms with van der Waals surface area (Å²) in [5.74, 6) is 0.0466. The number of rotatable bonds is 3. The first-order valence-electron chi connectivity index (χ1n) is 4.66. The molecule has 0 saturated carbocycles. The lowest BCUT2D eigenvalue weighted by atomic mass is 10.0. The summed E-state index contributed by atoms with van der Waals surface area (Å²) in [6.45, 7) is 4.02. The van der Waals surface area contributed by atoms with Gasteiger partial charge >= 0.3 is 0 Å². The largest absolute Gasteiger partial charge is 0.507 e. The molecule has 0 bridgehead atoms. The molecule has 74 valence electrons. The highest BCUT2D eigenvalue weighted by Crippen LogP contribution is 2.24. The van der Waals surface area contributed by atoms with Gasteiger partial charge in [-0.1, -0.05) is 19.1 Å². The lowest BCUT2D eigenvalue weighted by Crippen LogP contribution is -1.86. The number of phenolic OH excluding ortho intramolecular Hbond substituents is 1. The van der Waals surface area contributed by atoms with E-state index in [4.69, 9.17) is 0 Å². The van der Waals surface area contributed by atoms with Gasteiger partial charge in [0.1, 0.15) is 5.75 Å². The molecule has 0 spiro atoms. The Morgan fingerprint density at radius 1 is 1.50 bits per heavy atom. The van der Waals surface area contributed by atoms with Crippen molar-refractivity contribution in [3.05, 3.63) is 35.4 Å². The van der Waals surface area contributed by atoms with Crippen molar-refractivity contribution in [3.63, 3.8) is 0 Å². The molecule has 0 aliphatic carbocycles. The number of allylic oxidation sites excluding steroid dienone is 2. The van der Waals surface area contributed by atoms with Gasteiger partial charge in [-0.25, -0.2) is 0 Å². The topological polar surface area (TPSA) is 37.3 Å². The van der Waals surface area contributed by atoms with Crippen LogP contribution in [0.15, 0.2) is 24.3 Å². The van der Waals surface area contributed by atoms with Crippen molar-refractivity contribution in [2.24, 2.45) is 0 Å². The average molecular weight is 190 g/mol. The van der Waals surface area contributed by atoms with Crippen LogP contribution in [0.3, 0.4) is 0 Å². The lowest BCUT2D eigenvalue weighted by molar-refractivity contribution is 0.112. The maximum Gasteiger partial charge on any atom is 0.153 e. The van der Waals surface area contributed by atoms with E-state index in [0.717, 1.165) is 17.6 Å². The number of aldehydes is 1. The predicted molar refractivity (Wildman–Crippen MR) is 57.4 cm³/mol. The third-order valence-corrected chi connectivity index (χ3v) is 2.26. The number of carbonyl (C=O) groups is 1. The molecule has 0 aliphatic heterocycles. The summed E-state index contributed by atoms with van der Waals surface area (Å²) < 4.78 is 0. The van der Waals surface area contributed by atoms with Crippen LogP contribution < -0.4 is 0 Å². The fourth-order valence-electron chi connectivity index (χ4n) is 1.42. The number of benzene rings is 1. The first-order chi connectivity index (χ1) is 6.72. The van der Waals surface area contributed by atoms with Gasteiger partial charge < -0.3 is 5.11 Å². The molecule has 0 amide bonds. The molecule has 0 atom stereocenters. The molecule has 1 aromatic carbocycles. The fraction of sp³-hybridized carbons (Fsp3) is 0.250. The van der Waals surface area contributed by atoms with Gasteiger partial charge in [-0.05, 0) is 36.6 Å². The van der Waals surface area contributed by atoms with Gasteiger partial charge in [-0.3, -0.25) is 4.79 Å². The molecular formula is C12H14O2. The van der Waals surface area contributed by atoms with Gasteiger partial charge in [0.15, 0.2) is 6.29 Å². The van der Waals surface area contributed by atoms with E-state index in [1.54, 1.807) is 12.1 Å². The average Bonchev–Trinajstić information content (AvgIpc) is 2.20. The predicted octanol–water partition coefficient (Wildman–Crippen LogP) is 3.02. The fourth-order valence-corrected chi connectivity index (χ4v) is 1.42. The van der Waals surface area contributed by atoms with Crippen molar-refractivity contribution in [1.29, 1.82) is 0 Å². The number of hydrogen-bond acceptors (Lipinski definition) is 2. The van der Waals surface area contributed by atoms with Crippen molar-refractivity contribution in [1.82, 2.24) is 0 Å². The summed E-state index contributed by atoms with van der Waals surface area (Å²) in [7, 11) is 0. The summed E-state index contributed by atoms with van der Waals surface area (Å²) >= 11 is 0. The Morgan fingerprint density at radius 3 is 2.64 bits per heavy atom. The minimum Gasteiger partial charge on any atom is -0.507 e. The monoisotopic (exact) mass is 190 g/mol. The van der Waals surface area contributed by atoms with E-state index in [9.17, 15) is 9.90 Å². The number of aromatic hydroxyl groups is 1. The van der Waals surface area contributed by atoms with Gasteiger partial charge in [-0.15, -0.1) is 0 Å². The second kappa shape index (κ2) is 4.61. The Hall–Kier alpha value is -1.57. The summed E-state index contributed by atoms with van der Waals surface area (Å²) in [6, 6.07) is 5.11. The zero-order valence-corrected chi connectivity index (χ0v) is 8.45. The zero-order valence-electron chi connectivity index (χ0n) is 8.45. The summed E-state index contributed by atoms with van der Waals surface area (Å²) in [5.41, 5.74) is 2.47. The molecule has 14 heavy (non-hydrogen) atoms. The first kappa shape index (κ1) is 10.5. The summed E-state index contributed by atoms with van der Waals surface area (Å²) in [5, 5.41) is 9.47. The van der Waals surface area contributed by atoms with Crippen LogP contribution in [-0.4, -0.2) is 11.4 Å². The summed E-state index contributed by atoms with van der Waals surface area (Å²) in [6.07, 6.45) is 3.58. The van der Waals surface area contributed by atoms with Gasteiger partial charge in [-0.2, -0.15) is 0 Å². The molecule has 2 heteroatoms. The molecule has 0 aromatic heterocycles. The Balaban J connectivity index is 3.14. The molecule has 1 rings (SSSR count). The highest BCUT2D eigenvalue weighted by atomic mass is 16.3. The minimum atomic E-state index is 0.0466. The van der Waals surface area contributed by atoms with E-state index >= 15 is 0 Å². The van der Waals surface area contributed by atoms with E-state index in [0.29, 0.717) is 11.8 Å². The molecule has 1 aromatic rings. The molecule has 0 radical (unpaired) electrons. The molecule has 0 heterocycles. The lowest BCUT2D eigenvalue weighted by Gasteiger charge is -2.05. The van der Waals surface area contributed by atoms with Crippen LogP contribution in [0.1, 0.15) is 36.2 Å². The standard InChI is InChI=1S/C12H14O2/c1-3-9(4-2)10-5-6-11(8-13)12(14)7-10/h3,5-8,14H,4H2,1-2H3/b9-3-. The quantitative estimate of drug-likeness (QED) is 0.744. The van der Waals surface area contributed by atoms with Crippen molar-refractivity contribution in [3.8, 4) is 5.75 Å². The zero-order chi connectivity index (χ0) is 10.6. The smallest absolute Gasteiger partial charge is 0.153 e. The molecule has 0 saturated heterocycles. The second-order valence-corrected chi connectivity index (χ2v) is 3.06. The summed E-state index contributed by atoms with van der Waals surface area (Å²) in [4.78, 5) is 10.5. The van der Waals surface area contributed by atoms with Crippen LogP contribution in [0.2, 0.25) is 0 Å². The molecule has 2 nitrogen and oxygen atoms in total. The number of carbonyl (C=O) groups excluding carboxylic acids is 1. The minimum absolute atomic E-state index is 0.0466. The maximum absolute atomic E-state index is 10.5. The van der Waals surface area contributed by atoms with Crippen LogP contribution >= 0.6 is 0 Å². The van der Waals surface area contributed by atoms with Crippen LogP contribution in [-0.2, 0) is 0 Å². The highest BCUT2D eigenvalue weighted by molar-refractivity contribution is 5.81. The molecule has 0 aliphatic rings. The molecular weight excluding hydrogens is 176 g/mol.